The van der Waals surface area contributed by atoms with Gasteiger partial charge in [0, 0.05) is 4.88 Å². The minimum Gasteiger partial charge on any atom is -0.462 e. The Labute approximate surface area is 159 Å². The van der Waals surface area contributed by atoms with Gasteiger partial charge in [-0.05, 0) is 51.9 Å². The lowest BCUT2D eigenvalue weighted by molar-refractivity contribution is -0.127. The first-order valence-corrected chi connectivity index (χ1v) is 9.58. The van der Waals surface area contributed by atoms with Gasteiger partial charge in [-0.1, -0.05) is 5.57 Å². The molecule has 0 unspecified atom stereocenters. The highest BCUT2D eigenvalue weighted by Crippen LogP contribution is 2.34. The van der Waals surface area contributed by atoms with Gasteiger partial charge >= 0.3 is 5.97 Å². The van der Waals surface area contributed by atoms with Crippen molar-refractivity contribution in [1.82, 2.24) is 4.90 Å². The maximum absolute atomic E-state index is 12.4. The van der Waals surface area contributed by atoms with Crippen molar-refractivity contribution in [3.63, 3.8) is 0 Å². The van der Waals surface area contributed by atoms with Gasteiger partial charge in [0.15, 0.2) is 0 Å². The van der Waals surface area contributed by atoms with Gasteiger partial charge in [0.2, 0.25) is 5.91 Å². The molecule has 140 valence electrons. The molecule has 9 heteroatoms. The van der Waals surface area contributed by atoms with Gasteiger partial charge in [0.05, 0.1) is 17.1 Å². The Bertz CT molecular complexity index is 821. The van der Waals surface area contributed by atoms with E-state index in [2.05, 4.69) is 5.32 Å². The molecule has 1 aromatic rings. The number of rotatable bonds is 5. The molecule has 0 spiro atoms. The molecule has 1 saturated heterocycles. The van der Waals surface area contributed by atoms with Crippen LogP contribution in [-0.2, 0) is 14.3 Å². The summed E-state index contributed by atoms with van der Waals surface area (Å²) in [6, 6.07) is 0. The highest BCUT2D eigenvalue weighted by Gasteiger charge is 2.37. The van der Waals surface area contributed by atoms with Crippen molar-refractivity contribution in [3.05, 3.63) is 26.5 Å². The van der Waals surface area contributed by atoms with Crippen LogP contribution in [0.1, 0.15) is 41.6 Å². The second kappa shape index (κ2) is 8.05. The number of allylic oxidation sites excluding steroid dienone is 1. The molecule has 1 aromatic heterocycles. The number of carbonyl (C=O) groups excluding carboxylic acids is 4. The van der Waals surface area contributed by atoms with Crippen molar-refractivity contribution < 1.29 is 23.9 Å². The quantitative estimate of drug-likeness (QED) is 0.605. The van der Waals surface area contributed by atoms with E-state index in [9.17, 15) is 19.2 Å². The summed E-state index contributed by atoms with van der Waals surface area (Å²) in [5.41, 5.74) is 1.77. The minimum absolute atomic E-state index is 0.222. The van der Waals surface area contributed by atoms with Gasteiger partial charge in [-0.15, -0.1) is 11.3 Å². The van der Waals surface area contributed by atoms with E-state index in [0.717, 1.165) is 32.7 Å². The number of imide groups is 1. The summed E-state index contributed by atoms with van der Waals surface area (Å²) < 4.78 is 5.04. The molecule has 0 bridgehead atoms. The van der Waals surface area contributed by atoms with E-state index in [1.165, 1.54) is 11.3 Å². The molecule has 0 aliphatic carbocycles. The number of nitrogens with one attached hydrogen (secondary N) is 1. The monoisotopic (exact) mass is 396 g/mol. The van der Waals surface area contributed by atoms with E-state index in [1.807, 2.05) is 6.92 Å². The van der Waals surface area contributed by atoms with Crippen molar-refractivity contribution in [1.29, 1.82) is 0 Å². The molecule has 1 fully saturated rings. The smallest absolute Gasteiger partial charge is 0.341 e. The molecular weight excluding hydrogens is 376 g/mol. The highest BCUT2D eigenvalue weighted by molar-refractivity contribution is 8.18. The summed E-state index contributed by atoms with van der Waals surface area (Å²) in [7, 11) is 0. The number of thioether (sulfide) groups is 1. The maximum atomic E-state index is 12.4. The molecule has 7 nitrogen and oxygen atoms in total. The molecule has 0 aromatic carbocycles. The second-order valence-electron chi connectivity index (χ2n) is 5.84. The topological polar surface area (TPSA) is 92.8 Å². The molecule has 0 atom stereocenters. The van der Waals surface area contributed by atoms with Crippen LogP contribution in [0.15, 0.2) is 10.5 Å². The predicted octanol–water partition coefficient (Wildman–Crippen LogP) is 3.47. The van der Waals surface area contributed by atoms with Crippen LogP contribution >= 0.6 is 23.1 Å². The van der Waals surface area contributed by atoms with Crippen molar-refractivity contribution in [2.75, 3.05) is 18.5 Å². The lowest BCUT2D eigenvalue weighted by atomic mass is 10.1. The summed E-state index contributed by atoms with van der Waals surface area (Å²) in [4.78, 5) is 50.9. The van der Waals surface area contributed by atoms with Gasteiger partial charge in [0.25, 0.3) is 11.1 Å². The third kappa shape index (κ3) is 3.99. The Morgan fingerprint density at radius 1 is 1.19 bits per heavy atom. The Morgan fingerprint density at radius 3 is 2.38 bits per heavy atom. The fourth-order valence-corrected chi connectivity index (χ4v) is 4.22. The van der Waals surface area contributed by atoms with Crippen molar-refractivity contribution >= 4 is 51.1 Å². The lowest BCUT2D eigenvalue weighted by Crippen LogP contribution is -2.36. The van der Waals surface area contributed by atoms with Gasteiger partial charge in [-0.3, -0.25) is 19.3 Å². The van der Waals surface area contributed by atoms with Crippen LogP contribution in [0.4, 0.5) is 9.80 Å². The molecule has 0 saturated carbocycles. The third-order valence-corrected chi connectivity index (χ3v) is 6.03. The Hall–Kier alpha value is -2.13. The van der Waals surface area contributed by atoms with Crippen LogP contribution in [0.3, 0.4) is 0 Å². The van der Waals surface area contributed by atoms with Crippen LogP contribution < -0.4 is 5.32 Å². The standard InChI is InChI=1S/C17H20N2O5S2/c1-6-24-16(22)12-9(4)10(5)25-14(12)18-11(20)7-19-15(21)13(8(2)3)26-17(19)23/h6-7H2,1-5H3,(H,18,20). The first-order valence-electron chi connectivity index (χ1n) is 7.95. The van der Waals surface area contributed by atoms with Crippen molar-refractivity contribution in [3.8, 4) is 0 Å². The number of aryl methyl sites for hydroxylation is 1. The number of thiophene rings is 1. The first-order chi connectivity index (χ1) is 12.2. The van der Waals surface area contributed by atoms with Crippen LogP contribution in [0.25, 0.3) is 0 Å². The molecule has 26 heavy (non-hydrogen) atoms. The molecule has 2 rings (SSSR count). The minimum atomic E-state index is -0.547. The zero-order valence-corrected chi connectivity index (χ0v) is 16.9. The number of ether oxygens (including phenoxy) is 1. The molecule has 1 aliphatic heterocycles. The average molecular weight is 396 g/mol. The summed E-state index contributed by atoms with van der Waals surface area (Å²) in [6.07, 6.45) is 0. The van der Waals surface area contributed by atoms with Gasteiger partial charge in [-0.2, -0.15) is 0 Å². The number of hydrogen-bond acceptors (Lipinski definition) is 7. The first kappa shape index (κ1) is 20.2. The molecule has 3 amide bonds. The van der Waals surface area contributed by atoms with E-state index >= 15 is 0 Å². The normalized spacial score (nSPS) is 14.0. The van der Waals surface area contributed by atoms with E-state index in [1.54, 1.807) is 27.7 Å². The number of nitrogens with zero attached hydrogens (tertiary/aromatic N) is 1. The van der Waals surface area contributed by atoms with E-state index < -0.39 is 29.6 Å². The second-order valence-corrected chi connectivity index (χ2v) is 8.03. The van der Waals surface area contributed by atoms with Crippen LogP contribution in [0.2, 0.25) is 0 Å². The predicted molar refractivity (Wildman–Crippen MR) is 101 cm³/mol. The zero-order valence-electron chi connectivity index (χ0n) is 15.2. The number of hydrogen-bond donors (Lipinski definition) is 1. The summed E-state index contributed by atoms with van der Waals surface area (Å²) in [5.74, 6) is -1.53. The number of amides is 3. The molecule has 0 radical (unpaired) electrons. The SMILES string of the molecule is CCOC(=O)c1c(NC(=O)CN2C(=O)SC(=C(C)C)C2=O)sc(C)c1C. The zero-order chi connectivity index (χ0) is 19.6. The van der Waals surface area contributed by atoms with E-state index in [-0.39, 0.29) is 6.61 Å². The van der Waals surface area contributed by atoms with Crippen LogP contribution in [-0.4, -0.2) is 41.1 Å². The maximum Gasteiger partial charge on any atom is 0.341 e. The fourth-order valence-electron chi connectivity index (χ4n) is 2.32. The van der Waals surface area contributed by atoms with Crippen molar-refractivity contribution in [2.45, 2.75) is 34.6 Å². The van der Waals surface area contributed by atoms with Crippen LogP contribution in [0, 0.1) is 13.8 Å². The fraction of sp³-hybridized carbons (Fsp3) is 0.412. The Kier molecular flexibility index (Phi) is 6.25. The largest absolute Gasteiger partial charge is 0.462 e. The van der Waals surface area contributed by atoms with Crippen molar-refractivity contribution in [2.24, 2.45) is 0 Å². The van der Waals surface area contributed by atoms with E-state index in [0.29, 0.717) is 15.5 Å². The highest BCUT2D eigenvalue weighted by atomic mass is 32.2. The summed E-state index contributed by atoms with van der Waals surface area (Å²) in [6.45, 7) is 8.61. The lowest BCUT2D eigenvalue weighted by Gasteiger charge is -2.12. The summed E-state index contributed by atoms with van der Waals surface area (Å²) >= 11 is 2.08. The molecular formula is C17H20N2O5S2. The molecule has 1 N–H and O–H groups in total. The van der Waals surface area contributed by atoms with Gasteiger partial charge < -0.3 is 10.1 Å². The summed E-state index contributed by atoms with van der Waals surface area (Å²) in [5, 5.41) is 2.51. The van der Waals surface area contributed by atoms with Gasteiger partial charge in [0.1, 0.15) is 11.5 Å². The van der Waals surface area contributed by atoms with Crippen LogP contribution in [0.5, 0.6) is 0 Å². The number of esters is 1. The molecule has 2 heterocycles. The third-order valence-electron chi connectivity index (χ3n) is 3.72. The van der Waals surface area contributed by atoms with Gasteiger partial charge in [-0.25, -0.2) is 4.79 Å². The Balaban J connectivity index is 2.18. The average Bonchev–Trinajstić information content (AvgIpc) is 2.98. The molecule has 1 aliphatic rings. The Morgan fingerprint density at radius 2 is 1.85 bits per heavy atom. The number of anilines is 1. The van der Waals surface area contributed by atoms with E-state index in [4.69, 9.17) is 4.74 Å². The number of carbonyl (C=O) groups is 4.